The van der Waals surface area contributed by atoms with Crippen molar-refractivity contribution in [2.75, 3.05) is 24.5 Å². The van der Waals surface area contributed by atoms with Gasteiger partial charge in [0.25, 0.3) is 5.56 Å². The van der Waals surface area contributed by atoms with Crippen LogP contribution in [-0.4, -0.2) is 46.0 Å². The van der Waals surface area contributed by atoms with Crippen molar-refractivity contribution in [2.24, 2.45) is 5.92 Å². The van der Waals surface area contributed by atoms with Crippen molar-refractivity contribution in [1.29, 1.82) is 0 Å². The summed E-state index contributed by atoms with van der Waals surface area (Å²) in [5.41, 5.74) is 2.53. The first-order chi connectivity index (χ1) is 17.0. The molecule has 2 aliphatic rings. The Kier molecular flexibility index (Phi) is 6.81. The maximum absolute atomic E-state index is 13.1. The number of rotatable bonds is 7. The topological polar surface area (TPSA) is 109 Å². The van der Waals surface area contributed by atoms with Gasteiger partial charge in [-0.05, 0) is 43.2 Å². The Morgan fingerprint density at radius 3 is 2.94 bits per heavy atom. The molecule has 0 unspecified atom stereocenters. The van der Waals surface area contributed by atoms with Crippen molar-refractivity contribution in [2.45, 2.75) is 51.6 Å². The van der Waals surface area contributed by atoms with Gasteiger partial charge in [0.2, 0.25) is 11.8 Å². The molecule has 1 aliphatic carbocycles. The number of carbonyl (C=O) groups is 2. The lowest BCUT2D eigenvalue weighted by atomic mass is 9.97. The number of piperidine rings is 1. The van der Waals surface area contributed by atoms with E-state index >= 15 is 0 Å². The van der Waals surface area contributed by atoms with Gasteiger partial charge in [0.15, 0.2) is 10.8 Å². The fraction of sp³-hybridized carbons (Fsp3) is 0.480. The van der Waals surface area contributed by atoms with Crippen LogP contribution in [0.4, 0.5) is 5.13 Å². The Hall–Kier alpha value is -3.27. The van der Waals surface area contributed by atoms with Crippen LogP contribution in [0.2, 0.25) is 0 Å². The van der Waals surface area contributed by atoms with Crippen molar-refractivity contribution in [1.82, 2.24) is 25.2 Å². The van der Waals surface area contributed by atoms with Crippen molar-refractivity contribution in [3.05, 3.63) is 52.1 Å². The number of carbonyl (C=O) groups excluding carboxylic acids is 2. The predicted octanol–water partition coefficient (Wildman–Crippen LogP) is 2.40. The summed E-state index contributed by atoms with van der Waals surface area (Å²) in [7, 11) is 0. The average molecular weight is 495 g/mol. The predicted molar refractivity (Wildman–Crippen MR) is 136 cm³/mol. The molecule has 1 fully saturated rings. The van der Waals surface area contributed by atoms with E-state index in [9.17, 15) is 14.4 Å². The maximum Gasteiger partial charge on any atom is 0.273 e. The van der Waals surface area contributed by atoms with Gasteiger partial charge in [0, 0.05) is 19.6 Å². The zero-order valence-corrected chi connectivity index (χ0v) is 20.6. The third-order valence-corrected chi connectivity index (χ3v) is 7.86. The molecule has 35 heavy (non-hydrogen) atoms. The van der Waals surface area contributed by atoms with E-state index in [1.54, 1.807) is 0 Å². The average Bonchev–Trinajstić information content (AvgIpc) is 3.49. The number of nitrogens with zero attached hydrogens (tertiary/aromatic N) is 4. The highest BCUT2D eigenvalue weighted by atomic mass is 32.1. The van der Waals surface area contributed by atoms with Gasteiger partial charge in [-0.3, -0.25) is 19.0 Å². The lowest BCUT2D eigenvalue weighted by Crippen LogP contribution is -2.43. The Morgan fingerprint density at radius 1 is 1.23 bits per heavy atom. The van der Waals surface area contributed by atoms with E-state index in [1.807, 2.05) is 25.1 Å². The second-order valence-electron chi connectivity index (χ2n) is 9.26. The van der Waals surface area contributed by atoms with Crippen LogP contribution in [-0.2, 0) is 22.6 Å². The highest BCUT2D eigenvalue weighted by Crippen LogP contribution is 2.31. The molecule has 2 atom stereocenters. The molecule has 3 aromatic rings. The van der Waals surface area contributed by atoms with Gasteiger partial charge in [0.05, 0.1) is 12.0 Å². The molecular weight excluding hydrogens is 464 g/mol. The minimum atomic E-state index is -0.269. The first-order valence-corrected chi connectivity index (χ1v) is 13.1. The molecule has 2 N–H and O–H groups in total. The summed E-state index contributed by atoms with van der Waals surface area (Å²) in [4.78, 5) is 49.3. The van der Waals surface area contributed by atoms with E-state index in [1.165, 1.54) is 27.8 Å². The van der Waals surface area contributed by atoms with Crippen molar-refractivity contribution < 1.29 is 9.59 Å². The molecule has 2 amide bonds. The van der Waals surface area contributed by atoms with E-state index in [2.05, 4.69) is 31.6 Å². The molecular formula is C25H30N6O3S. The van der Waals surface area contributed by atoms with E-state index in [-0.39, 0.29) is 35.9 Å². The van der Waals surface area contributed by atoms with Gasteiger partial charge in [-0.15, -0.1) is 0 Å². The number of anilines is 1. The number of hydrogen-bond donors (Lipinski definition) is 2. The summed E-state index contributed by atoms with van der Waals surface area (Å²) < 4.78 is 1.77. The molecule has 10 heteroatoms. The van der Waals surface area contributed by atoms with Crippen molar-refractivity contribution in [3.8, 4) is 0 Å². The fourth-order valence-corrected chi connectivity index (χ4v) is 5.95. The number of thiazole rings is 1. The SMILES string of the molecule is CCCNC(=O)[C@@H]1CCCN(c2nc3ncn(CC(=O)N[C@H]4CCc5ccccc54)c(=O)c3s2)C1. The Morgan fingerprint density at radius 2 is 2.09 bits per heavy atom. The summed E-state index contributed by atoms with van der Waals surface area (Å²) in [6, 6.07) is 8.10. The van der Waals surface area contributed by atoms with Crippen LogP contribution in [0.5, 0.6) is 0 Å². The third kappa shape index (κ3) is 4.93. The van der Waals surface area contributed by atoms with Crippen LogP contribution in [0.1, 0.15) is 49.8 Å². The Balaban J connectivity index is 1.28. The van der Waals surface area contributed by atoms with Gasteiger partial charge >= 0.3 is 0 Å². The molecule has 0 spiro atoms. The van der Waals surface area contributed by atoms with Crippen LogP contribution in [0.3, 0.4) is 0 Å². The number of amides is 2. The third-order valence-electron chi connectivity index (χ3n) is 6.77. The highest BCUT2D eigenvalue weighted by molar-refractivity contribution is 7.22. The fourth-order valence-electron chi connectivity index (χ4n) is 4.94. The molecule has 184 valence electrons. The largest absolute Gasteiger partial charge is 0.356 e. The molecule has 3 heterocycles. The maximum atomic E-state index is 13.1. The number of aryl methyl sites for hydroxylation is 1. The summed E-state index contributed by atoms with van der Waals surface area (Å²) in [5, 5.41) is 6.74. The lowest BCUT2D eigenvalue weighted by Gasteiger charge is -2.31. The van der Waals surface area contributed by atoms with Crippen LogP contribution >= 0.6 is 11.3 Å². The molecule has 0 bridgehead atoms. The van der Waals surface area contributed by atoms with Crippen LogP contribution in [0.25, 0.3) is 10.3 Å². The molecule has 2 aromatic heterocycles. The summed E-state index contributed by atoms with van der Waals surface area (Å²) in [6.45, 7) is 4.00. The van der Waals surface area contributed by atoms with Gasteiger partial charge in [-0.2, -0.15) is 4.98 Å². The number of nitrogens with one attached hydrogen (secondary N) is 2. The number of hydrogen-bond acceptors (Lipinski definition) is 7. The van der Waals surface area contributed by atoms with Gasteiger partial charge in [-0.25, -0.2) is 4.98 Å². The standard InChI is InChI=1S/C25H30N6O3S/c1-2-11-26-23(33)17-7-5-12-30(13-17)25-29-22-21(35-25)24(34)31(15-27-22)14-20(32)28-19-10-9-16-6-3-4-8-18(16)19/h3-4,6,8,15,17,19H,2,5,7,9-14H2,1H3,(H,26,33)(H,28,32)/t17-,19+/m1/s1. The Bertz CT molecular complexity index is 1300. The van der Waals surface area contributed by atoms with E-state index in [0.29, 0.717) is 28.6 Å². The summed E-state index contributed by atoms with van der Waals surface area (Å²) >= 11 is 1.28. The van der Waals surface area contributed by atoms with Crippen molar-refractivity contribution >= 4 is 38.6 Å². The molecule has 1 aromatic carbocycles. The highest BCUT2D eigenvalue weighted by Gasteiger charge is 2.28. The second-order valence-corrected chi connectivity index (χ2v) is 10.2. The van der Waals surface area contributed by atoms with Crippen LogP contribution in [0, 0.1) is 5.92 Å². The smallest absolute Gasteiger partial charge is 0.273 e. The molecule has 9 nitrogen and oxygen atoms in total. The summed E-state index contributed by atoms with van der Waals surface area (Å²) in [6.07, 6.45) is 5.85. The lowest BCUT2D eigenvalue weighted by molar-refractivity contribution is -0.125. The normalized spacial score (nSPS) is 19.5. The zero-order chi connectivity index (χ0) is 24.4. The van der Waals surface area contributed by atoms with Crippen molar-refractivity contribution in [3.63, 3.8) is 0 Å². The second kappa shape index (κ2) is 10.2. The van der Waals surface area contributed by atoms with E-state index in [0.717, 1.165) is 44.2 Å². The van der Waals surface area contributed by atoms with Crippen LogP contribution in [0.15, 0.2) is 35.4 Å². The van der Waals surface area contributed by atoms with Gasteiger partial charge in [-0.1, -0.05) is 42.5 Å². The minimum absolute atomic E-state index is 0.0253. The van der Waals surface area contributed by atoms with Gasteiger partial charge in [0.1, 0.15) is 17.6 Å². The Labute approximate surface area is 207 Å². The number of fused-ring (bicyclic) bond motifs is 2. The zero-order valence-electron chi connectivity index (χ0n) is 19.8. The van der Waals surface area contributed by atoms with E-state index < -0.39 is 0 Å². The molecule has 1 saturated heterocycles. The molecule has 0 saturated carbocycles. The molecule has 5 rings (SSSR count). The monoisotopic (exact) mass is 494 g/mol. The molecule has 0 radical (unpaired) electrons. The number of benzene rings is 1. The quantitative estimate of drug-likeness (QED) is 0.522. The molecule has 1 aliphatic heterocycles. The number of aromatic nitrogens is 3. The van der Waals surface area contributed by atoms with Gasteiger partial charge < -0.3 is 15.5 Å². The summed E-state index contributed by atoms with van der Waals surface area (Å²) in [5.74, 6) is -0.220. The minimum Gasteiger partial charge on any atom is -0.356 e. The first-order valence-electron chi connectivity index (χ1n) is 12.3. The van der Waals surface area contributed by atoms with E-state index in [4.69, 9.17) is 0 Å². The van der Waals surface area contributed by atoms with Crippen LogP contribution < -0.4 is 21.1 Å². The first kappa shape index (κ1) is 23.5.